The van der Waals surface area contributed by atoms with Gasteiger partial charge in [0.1, 0.15) is 0 Å². The summed E-state index contributed by atoms with van der Waals surface area (Å²) >= 11 is 0. The molecule has 114 valence electrons. The Balaban J connectivity index is 2.01. The third-order valence-electron chi connectivity index (χ3n) is 4.96. The van der Waals surface area contributed by atoms with Gasteiger partial charge in [0, 0.05) is 24.7 Å². The third kappa shape index (κ3) is 3.85. The Kier molecular flexibility index (Phi) is 5.25. The molecular formula is C17H31N3. The van der Waals surface area contributed by atoms with Gasteiger partial charge in [-0.3, -0.25) is 4.68 Å². The molecule has 1 fully saturated rings. The molecule has 0 aliphatic heterocycles. The highest BCUT2D eigenvalue weighted by molar-refractivity contribution is 5.13. The molecule has 20 heavy (non-hydrogen) atoms. The average Bonchev–Trinajstić information content (AvgIpc) is 2.65. The Morgan fingerprint density at radius 3 is 2.80 bits per heavy atom. The second kappa shape index (κ2) is 6.75. The fourth-order valence-electron chi connectivity index (χ4n) is 3.65. The lowest BCUT2D eigenvalue weighted by Gasteiger charge is -2.28. The van der Waals surface area contributed by atoms with Crippen molar-refractivity contribution >= 4 is 0 Å². The van der Waals surface area contributed by atoms with E-state index in [1.165, 1.54) is 56.3 Å². The summed E-state index contributed by atoms with van der Waals surface area (Å²) in [5.41, 5.74) is 9.20. The number of hydrogen-bond acceptors (Lipinski definition) is 2. The lowest BCUT2D eigenvalue weighted by Crippen LogP contribution is -2.42. The van der Waals surface area contributed by atoms with Crippen LogP contribution in [0.25, 0.3) is 0 Å². The predicted octanol–water partition coefficient (Wildman–Crippen LogP) is 3.60. The molecule has 1 aromatic heterocycles. The summed E-state index contributed by atoms with van der Waals surface area (Å²) in [6.45, 7) is 4.45. The fraction of sp³-hybridized carbons (Fsp3) is 0.824. The van der Waals surface area contributed by atoms with E-state index in [9.17, 15) is 0 Å². The number of aryl methyl sites for hydroxylation is 2. The van der Waals surface area contributed by atoms with Gasteiger partial charge in [-0.15, -0.1) is 0 Å². The minimum absolute atomic E-state index is 0.0126. The molecule has 2 N–H and O–H groups in total. The summed E-state index contributed by atoms with van der Waals surface area (Å²) in [4.78, 5) is 0. The number of nitrogens with zero attached hydrogens (tertiary/aromatic N) is 2. The first-order chi connectivity index (χ1) is 9.56. The Labute approximate surface area is 123 Å². The molecule has 0 spiro atoms. The van der Waals surface area contributed by atoms with E-state index in [0.29, 0.717) is 0 Å². The Hall–Kier alpha value is -0.830. The van der Waals surface area contributed by atoms with E-state index >= 15 is 0 Å². The van der Waals surface area contributed by atoms with Crippen LogP contribution in [0.5, 0.6) is 0 Å². The first-order valence-electron chi connectivity index (χ1n) is 8.37. The van der Waals surface area contributed by atoms with Crippen LogP contribution in [0.1, 0.15) is 70.2 Å². The monoisotopic (exact) mass is 277 g/mol. The molecule has 1 heterocycles. The van der Waals surface area contributed by atoms with E-state index in [1.54, 1.807) is 0 Å². The molecule has 1 aliphatic carbocycles. The number of aromatic nitrogens is 2. The van der Waals surface area contributed by atoms with Gasteiger partial charge in [0.05, 0.1) is 5.69 Å². The predicted molar refractivity (Wildman–Crippen MR) is 84.7 cm³/mol. The summed E-state index contributed by atoms with van der Waals surface area (Å²) in [5, 5.41) is 4.55. The second-order valence-corrected chi connectivity index (χ2v) is 6.73. The van der Waals surface area contributed by atoms with E-state index in [1.807, 2.05) is 4.68 Å². The molecule has 2 atom stereocenters. The van der Waals surface area contributed by atoms with Crippen molar-refractivity contribution in [2.75, 3.05) is 0 Å². The zero-order valence-electron chi connectivity index (χ0n) is 13.5. The summed E-state index contributed by atoms with van der Waals surface area (Å²) in [6, 6.07) is 2.24. The standard InChI is InChI=1S/C17H31N3/c1-4-7-14-8-6-10-17(18,11-9-14)13-16-12-15(5-2)19-20(16)3/h12,14H,4-11,13,18H2,1-3H3. The Bertz CT molecular complexity index is 424. The van der Waals surface area contributed by atoms with Crippen molar-refractivity contribution in [3.63, 3.8) is 0 Å². The summed E-state index contributed by atoms with van der Waals surface area (Å²) in [6.07, 6.45) is 11.0. The number of hydrogen-bond donors (Lipinski definition) is 1. The van der Waals surface area contributed by atoms with Crippen LogP contribution in [-0.4, -0.2) is 15.3 Å². The number of rotatable bonds is 5. The molecule has 0 bridgehead atoms. The summed E-state index contributed by atoms with van der Waals surface area (Å²) < 4.78 is 2.03. The molecule has 3 nitrogen and oxygen atoms in total. The van der Waals surface area contributed by atoms with Gasteiger partial charge in [0.15, 0.2) is 0 Å². The highest BCUT2D eigenvalue weighted by Crippen LogP contribution is 2.33. The van der Waals surface area contributed by atoms with Crippen LogP contribution in [0, 0.1) is 5.92 Å². The minimum atomic E-state index is -0.0126. The van der Waals surface area contributed by atoms with Crippen molar-refractivity contribution < 1.29 is 0 Å². The number of nitrogens with two attached hydrogens (primary N) is 1. The van der Waals surface area contributed by atoms with Gasteiger partial charge < -0.3 is 5.73 Å². The van der Waals surface area contributed by atoms with Crippen molar-refractivity contribution in [3.8, 4) is 0 Å². The molecule has 1 aliphatic rings. The lowest BCUT2D eigenvalue weighted by molar-refractivity contribution is 0.348. The van der Waals surface area contributed by atoms with E-state index in [-0.39, 0.29) is 5.54 Å². The first kappa shape index (κ1) is 15.6. The van der Waals surface area contributed by atoms with Crippen molar-refractivity contribution in [2.45, 2.75) is 77.2 Å². The normalized spacial score (nSPS) is 27.5. The molecule has 0 radical (unpaired) electrons. The van der Waals surface area contributed by atoms with E-state index in [0.717, 1.165) is 18.8 Å². The maximum Gasteiger partial charge on any atom is 0.0624 e. The van der Waals surface area contributed by atoms with Gasteiger partial charge in [-0.1, -0.05) is 39.5 Å². The molecule has 2 unspecified atom stereocenters. The topological polar surface area (TPSA) is 43.8 Å². The zero-order chi connectivity index (χ0) is 14.6. The second-order valence-electron chi connectivity index (χ2n) is 6.73. The van der Waals surface area contributed by atoms with Gasteiger partial charge in [-0.05, 0) is 37.7 Å². The van der Waals surface area contributed by atoms with E-state index in [2.05, 4.69) is 32.1 Å². The van der Waals surface area contributed by atoms with Crippen LogP contribution >= 0.6 is 0 Å². The fourth-order valence-corrected chi connectivity index (χ4v) is 3.65. The third-order valence-corrected chi connectivity index (χ3v) is 4.96. The first-order valence-corrected chi connectivity index (χ1v) is 8.37. The quantitative estimate of drug-likeness (QED) is 0.836. The van der Waals surface area contributed by atoms with Crippen LogP contribution in [0.3, 0.4) is 0 Å². The minimum Gasteiger partial charge on any atom is -0.325 e. The van der Waals surface area contributed by atoms with Gasteiger partial charge in [0.25, 0.3) is 0 Å². The van der Waals surface area contributed by atoms with Crippen LogP contribution in [0.2, 0.25) is 0 Å². The van der Waals surface area contributed by atoms with E-state index < -0.39 is 0 Å². The maximum atomic E-state index is 6.73. The largest absolute Gasteiger partial charge is 0.325 e. The Morgan fingerprint density at radius 1 is 1.35 bits per heavy atom. The maximum absolute atomic E-state index is 6.73. The van der Waals surface area contributed by atoms with Crippen LogP contribution < -0.4 is 5.73 Å². The molecule has 1 aromatic rings. The van der Waals surface area contributed by atoms with Crippen molar-refractivity contribution in [2.24, 2.45) is 18.7 Å². The molecule has 0 amide bonds. The van der Waals surface area contributed by atoms with Crippen molar-refractivity contribution in [1.29, 1.82) is 0 Å². The highest BCUT2D eigenvalue weighted by atomic mass is 15.3. The molecule has 0 saturated heterocycles. The molecule has 2 rings (SSSR count). The average molecular weight is 277 g/mol. The lowest BCUT2D eigenvalue weighted by atomic mass is 9.86. The van der Waals surface area contributed by atoms with Crippen molar-refractivity contribution in [3.05, 3.63) is 17.5 Å². The smallest absolute Gasteiger partial charge is 0.0624 e. The molecule has 3 heteroatoms. The van der Waals surface area contributed by atoms with E-state index in [4.69, 9.17) is 5.73 Å². The highest BCUT2D eigenvalue weighted by Gasteiger charge is 2.30. The SMILES string of the molecule is CCCC1CCCC(N)(Cc2cc(CC)nn2C)CC1. The zero-order valence-corrected chi connectivity index (χ0v) is 13.5. The molecule has 1 saturated carbocycles. The van der Waals surface area contributed by atoms with Gasteiger partial charge in [-0.25, -0.2) is 0 Å². The van der Waals surface area contributed by atoms with Crippen LogP contribution in [-0.2, 0) is 19.9 Å². The summed E-state index contributed by atoms with van der Waals surface area (Å²) in [7, 11) is 2.05. The van der Waals surface area contributed by atoms with Crippen LogP contribution in [0.4, 0.5) is 0 Å². The Morgan fingerprint density at radius 2 is 2.15 bits per heavy atom. The molecule has 0 aromatic carbocycles. The van der Waals surface area contributed by atoms with Crippen LogP contribution in [0.15, 0.2) is 6.07 Å². The van der Waals surface area contributed by atoms with Gasteiger partial charge >= 0.3 is 0 Å². The van der Waals surface area contributed by atoms with Gasteiger partial charge in [-0.2, -0.15) is 5.10 Å². The van der Waals surface area contributed by atoms with Gasteiger partial charge in [0.2, 0.25) is 0 Å². The summed E-state index contributed by atoms with van der Waals surface area (Å²) in [5.74, 6) is 0.906. The van der Waals surface area contributed by atoms with Crippen molar-refractivity contribution in [1.82, 2.24) is 9.78 Å². The molecular weight excluding hydrogens is 246 g/mol.